The Labute approximate surface area is 119 Å². The lowest BCUT2D eigenvalue weighted by molar-refractivity contribution is 0.0687. The van der Waals surface area contributed by atoms with E-state index in [9.17, 15) is 4.79 Å². The quantitative estimate of drug-likeness (QED) is 0.937. The summed E-state index contributed by atoms with van der Waals surface area (Å²) in [7, 11) is 0. The van der Waals surface area contributed by atoms with Crippen LogP contribution in [0.25, 0.3) is 0 Å². The maximum atomic E-state index is 11.0. The number of rotatable bonds is 4. The van der Waals surface area contributed by atoms with Gasteiger partial charge in [0.15, 0.2) is 5.69 Å². The van der Waals surface area contributed by atoms with Crippen LogP contribution in [0.3, 0.4) is 0 Å². The lowest BCUT2D eigenvalue weighted by Gasteiger charge is -2.09. The van der Waals surface area contributed by atoms with Crippen LogP contribution in [0.15, 0.2) is 41.0 Å². The molecule has 19 heavy (non-hydrogen) atoms. The van der Waals surface area contributed by atoms with E-state index in [1.54, 1.807) is 12.1 Å². The van der Waals surface area contributed by atoms with E-state index in [2.05, 4.69) is 20.9 Å². The highest BCUT2D eigenvalue weighted by molar-refractivity contribution is 9.10. The highest BCUT2D eigenvalue weighted by Gasteiger charge is 2.11. The molecule has 2 rings (SSSR count). The van der Waals surface area contributed by atoms with Gasteiger partial charge in [0.25, 0.3) is 0 Å². The minimum Gasteiger partial charge on any atom is -0.489 e. The fraction of sp³-hybridized carbons (Fsp3) is 0.143. The molecule has 1 N–H and O–H groups in total. The van der Waals surface area contributed by atoms with Gasteiger partial charge in [0.05, 0.1) is 0 Å². The molecule has 0 spiro atoms. The molecule has 0 fully saturated rings. The first-order valence-corrected chi connectivity index (χ1v) is 6.43. The van der Waals surface area contributed by atoms with Crippen molar-refractivity contribution in [1.82, 2.24) is 4.98 Å². The molecule has 0 aliphatic heterocycles. The third-order valence-electron chi connectivity index (χ3n) is 2.62. The van der Waals surface area contributed by atoms with Crippen LogP contribution in [-0.4, -0.2) is 16.1 Å². The van der Waals surface area contributed by atoms with Crippen molar-refractivity contribution in [3.63, 3.8) is 0 Å². The number of aromatic nitrogens is 1. The first-order chi connectivity index (χ1) is 9.08. The number of benzene rings is 1. The van der Waals surface area contributed by atoms with Gasteiger partial charge in [-0.2, -0.15) is 0 Å². The molecule has 0 aliphatic carbocycles. The second-order valence-corrected chi connectivity index (χ2v) is 4.87. The number of aryl methyl sites for hydroxylation is 1. The summed E-state index contributed by atoms with van der Waals surface area (Å²) in [6, 6.07) is 9.00. The second-order valence-electron chi connectivity index (χ2n) is 4.02. The highest BCUT2D eigenvalue weighted by Crippen LogP contribution is 2.22. The molecular formula is C14H12BrNO3. The summed E-state index contributed by atoms with van der Waals surface area (Å²) in [4.78, 5) is 14.8. The number of carboxylic acids is 1. The average Bonchev–Trinajstić information content (AvgIpc) is 2.40. The lowest BCUT2D eigenvalue weighted by atomic mass is 10.2. The number of carboxylic acid groups (broad SMARTS) is 1. The van der Waals surface area contributed by atoms with E-state index < -0.39 is 5.97 Å². The van der Waals surface area contributed by atoms with Crippen LogP contribution in [0.4, 0.5) is 0 Å². The van der Waals surface area contributed by atoms with Crippen molar-refractivity contribution in [3.05, 3.63) is 57.8 Å². The molecule has 0 radical (unpaired) electrons. The van der Waals surface area contributed by atoms with Crippen LogP contribution in [0.2, 0.25) is 0 Å². The van der Waals surface area contributed by atoms with Crippen molar-refractivity contribution in [1.29, 1.82) is 0 Å². The van der Waals surface area contributed by atoms with Gasteiger partial charge in [0.2, 0.25) is 0 Å². The summed E-state index contributed by atoms with van der Waals surface area (Å²) in [6.07, 6.45) is 1.46. The Morgan fingerprint density at radius 3 is 2.89 bits per heavy atom. The van der Waals surface area contributed by atoms with Gasteiger partial charge in [0.1, 0.15) is 12.4 Å². The normalized spacial score (nSPS) is 10.2. The molecule has 1 heterocycles. The van der Waals surface area contributed by atoms with Crippen molar-refractivity contribution in [2.75, 3.05) is 0 Å². The number of carbonyl (C=O) groups is 1. The minimum atomic E-state index is -1.05. The first-order valence-electron chi connectivity index (χ1n) is 5.64. The predicted molar refractivity (Wildman–Crippen MR) is 74.4 cm³/mol. The zero-order valence-electron chi connectivity index (χ0n) is 10.3. The summed E-state index contributed by atoms with van der Waals surface area (Å²) in [5, 5.41) is 9.02. The van der Waals surface area contributed by atoms with Gasteiger partial charge in [-0.3, -0.25) is 0 Å². The molecule has 0 amide bonds. The number of nitrogens with zero attached hydrogens (tertiary/aromatic N) is 1. The Balaban J connectivity index is 2.14. The third kappa shape index (κ3) is 3.32. The van der Waals surface area contributed by atoms with E-state index in [0.717, 1.165) is 10.0 Å². The van der Waals surface area contributed by atoms with E-state index in [1.807, 2.05) is 25.1 Å². The molecule has 1 aromatic heterocycles. The molecule has 4 nitrogen and oxygen atoms in total. The molecule has 0 atom stereocenters. The first kappa shape index (κ1) is 13.5. The number of hydrogen-bond donors (Lipinski definition) is 1. The summed E-state index contributed by atoms with van der Waals surface area (Å²) in [5.41, 5.74) is 1.63. The third-order valence-corrected chi connectivity index (χ3v) is 3.51. The van der Waals surface area contributed by atoms with Crippen molar-refractivity contribution in [3.8, 4) is 5.75 Å². The van der Waals surface area contributed by atoms with E-state index in [1.165, 1.54) is 6.20 Å². The zero-order chi connectivity index (χ0) is 13.8. The van der Waals surface area contributed by atoms with Crippen LogP contribution in [0.5, 0.6) is 5.75 Å². The molecular weight excluding hydrogens is 310 g/mol. The Morgan fingerprint density at radius 2 is 2.21 bits per heavy atom. The standard InChI is InChI=1S/C14H12BrNO3/c1-9-7-11(4-5-12(9)15)19-8-10-3-2-6-16-13(10)14(17)18/h2-7H,8H2,1H3,(H,17,18). The minimum absolute atomic E-state index is 0.0244. The SMILES string of the molecule is Cc1cc(OCc2cccnc2C(=O)O)ccc1Br. The van der Waals surface area contributed by atoms with Crippen molar-refractivity contribution in [2.24, 2.45) is 0 Å². The zero-order valence-corrected chi connectivity index (χ0v) is 11.8. The summed E-state index contributed by atoms with van der Waals surface area (Å²) >= 11 is 3.41. The van der Waals surface area contributed by atoms with Crippen LogP contribution < -0.4 is 4.74 Å². The molecule has 1 aromatic carbocycles. The number of pyridine rings is 1. The predicted octanol–water partition coefficient (Wildman–Crippen LogP) is 3.43. The Morgan fingerprint density at radius 1 is 1.42 bits per heavy atom. The van der Waals surface area contributed by atoms with Gasteiger partial charge in [-0.1, -0.05) is 22.0 Å². The van der Waals surface area contributed by atoms with Crippen molar-refractivity contribution < 1.29 is 14.6 Å². The van der Waals surface area contributed by atoms with E-state index in [0.29, 0.717) is 11.3 Å². The number of hydrogen-bond acceptors (Lipinski definition) is 3. The maximum absolute atomic E-state index is 11.0. The van der Waals surface area contributed by atoms with Gasteiger partial charge >= 0.3 is 5.97 Å². The fourth-order valence-corrected chi connectivity index (χ4v) is 1.86. The number of halogens is 1. The highest BCUT2D eigenvalue weighted by atomic mass is 79.9. The molecule has 98 valence electrons. The molecule has 0 saturated heterocycles. The van der Waals surface area contributed by atoms with E-state index >= 15 is 0 Å². The Hall–Kier alpha value is -1.88. The average molecular weight is 322 g/mol. The van der Waals surface area contributed by atoms with Crippen LogP contribution in [-0.2, 0) is 6.61 Å². The summed E-state index contributed by atoms with van der Waals surface area (Å²) in [6.45, 7) is 2.14. The molecule has 5 heteroatoms. The summed E-state index contributed by atoms with van der Waals surface area (Å²) in [5.74, 6) is -0.355. The monoisotopic (exact) mass is 321 g/mol. The maximum Gasteiger partial charge on any atom is 0.354 e. The van der Waals surface area contributed by atoms with Crippen molar-refractivity contribution in [2.45, 2.75) is 13.5 Å². The van der Waals surface area contributed by atoms with Gasteiger partial charge in [0, 0.05) is 16.2 Å². The van der Waals surface area contributed by atoms with Gasteiger partial charge in [-0.15, -0.1) is 0 Å². The van der Waals surface area contributed by atoms with Gasteiger partial charge in [-0.25, -0.2) is 9.78 Å². The molecule has 0 saturated carbocycles. The van der Waals surface area contributed by atoms with E-state index in [-0.39, 0.29) is 12.3 Å². The van der Waals surface area contributed by atoms with Crippen molar-refractivity contribution >= 4 is 21.9 Å². The molecule has 0 unspecified atom stereocenters. The Bertz CT molecular complexity index is 613. The smallest absolute Gasteiger partial charge is 0.354 e. The molecule has 2 aromatic rings. The van der Waals surface area contributed by atoms with E-state index in [4.69, 9.17) is 9.84 Å². The second kappa shape index (κ2) is 5.84. The topological polar surface area (TPSA) is 59.4 Å². The Kier molecular flexibility index (Phi) is 4.16. The fourth-order valence-electron chi connectivity index (χ4n) is 1.62. The van der Waals surface area contributed by atoms with Crippen LogP contribution in [0.1, 0.15) is 21.6 Å². The largest absolute Gasteiger partial charge is 0.489 e. The van der Waals surface area contributed by atoms with Gasteiger partial charge in [-0.05, 0) is 36.8 Å². The van der Waals surface area contributed by atoms with Crippen LogP contribution >= 0.6 is 15.9 Å². The molecule has 0 aliphatic rings. The molecule has 0 bridgehead atoms. The number of aromatic carboxylic acids is 1. The lowest BCUT2D eigenvalue weighted by Crippen LogP contribution is -2.07. The number of ether oxygens (including phenoxy) is 1. The van der Waals surface area contributed by atoms with Crippen LogP contribution in [0, 0.1) is 6.92 Å². The summed E-state index contributed by atoms with van der Waals surface area (Å²) < 4.78 is 6.60. The van der Waals surface area contributed by atoms with Gasteiger partial charge < -0.3 is 9.84 Å².